The van der Waals surface area contributed by atoms with Gasteiger partial charge in [-0.05, 0) is 31.4 Å². The second-order valence-electron chi connectivity index (χ2n) is 4.29. The van der Waals surface area contributed by atoms with Gasteiger partial charge in [-0.3, -0.25) is 0 Å². The van der Waals surface area contributed by atoms with E-state index in [0.29, 0.717) is 16.7 Å². The predicted octanol–water partition coefficient (Wildman–Crippen LogP) is 4.04. The minimum Gasteiger partial charge on any atom is -0.228 e. The first kappa shape index (κ1) is 13.7. The van der Waals surface area contributed by atoms with Gasteiger partial charge in [0.25, 0.3) is 0 Å². The molecule has 20 heavy (non-hydrogen) atoms. The van der Waals surface area contributed by atoms with Crippen molar-refractivity contribution in [3.05, 3.63) is 39.9 Å². The molecule has 0 amide bonds. The monoisotopic (exact) mass is 322 g/mol. The molecule has 0 N–H and O–H groups in total. The molecular weight excluding hydrogens is 312 g/mol. The fraction of sp³-hybridized carbons (Fsp3) is 0.231. The minimum atomic E-state index is 0.508. The Balaban J connectivity index is 1.82. The minimum absolute atomic E-state index is 0.508. The van der Waals surface area contributed by atoms with E-state index in [4.69, 9.17) is 11.6 Å². The molecule has 3 aromatic rings. The lowest BCUT2D eigenvalue weighted by atomic mass is 10.4. The van der Waals surface area contributed by atoms with E-state index in [-0.39, 0.29) is 0 Å². The fourth-order valence-electron chi connectivity index (χ4n) is 1.81. The number of fused-ring (bicyclic) bond motifs is 1. The van der Waals surface area contributed by atoms with Gasteiger partial charge < -0.3 is 0 Å². The lowest BCUT2D eigenvalue weighted by Crippen LogP contribution is -1.96. The van der Waals surface area contributed by atoms with Gasteiger partial charge >= 0.3 is 0 Å². The Hall–Kier alpha value is -1.24. The lowest BCUT2D eigenvalue weighted by Gasteiger charge is -2.03. The van der Waals surface area contributed by atoms with E-state index in [0.717, 1.165) is 26.8 Å². The standard InChI is InChI=1S/C13H11ClN4S2/c1-7-5-8(2)16-13(15-7)20-6-10-17-11(14)9-3-4-19-12(9)18-10/h3-5H,6H2,1-2H3. The van der Waals surface area contributed by atoms with Crippen LogP contribution in [0.3, 0.4) is 0 Å². The largest absolute Gasteiger partial charge is 0.228 e. The molecule has 3 aromatic heterocycles. The summed E-state index contributed by atoms with van der Waals surface area (Å²) in [7, 11) is 0. The van der Waals surface area contributed by atoms with Crippen molar-refractivity contribution in [1.29, 1.82) is 0 Å². The maximum atomic E-state index is 6.15. The van der Waals surface area contributed by atoms with Crippen LogP contribution in [0.15, 0.2) is 22.7 Å². The fourth-order valence-corrected chi connectivity index (χ4v) is 3.71. The maximum absolute atomic E-state index is 6.15. The molecule has 4 nitrogen and oxygen atoms in total. The van der Waals surface area contributed by atoms with Gasteiger partial charge in [-0.2, -0.15) is 0 Å². The Kier molecular flexibility index (Phi) is 3.87. The maximum Gasteiger partial charge on any atom is 0.188 e. The van der Waals surface area contributed by atoms with Gasteiger partial charge in [0.05, 0.1) is 5.75 Å². The van der Waals surface area contributed by atoms with Gasteiger partial charge in [0, 0.05) is 16.8 Å². The molecule has 0 bridgehead atoms. The van der Waals surface area contributed by atoms with Gasteiger partial charge in [-0.15, -0.1) is 11.3 Å². The van der Waals surface area contributed by atoms with Crippen molar-refractivity contribution in [2.75, 3.05) is 0 Å². The van der Waals surface area contributed by atoms with Crippen LogP contribution in [0.25, 0.3) is 10.2 Å². The predicted molar refractivity (Wildman–Crippen MR) is 83.5 cm³/mol. The average Bonchev–Trinajstić information content (AvgIpc) is 2.84. The second kappa shape index (κ2) is 5.63. The number of hydrogen-bond donors (Lipinski definition) is 0. The van der Waals surface area contributed by atoms with E-state index in [1.54, 1.807) is 11.3 Å². The molecule has 0 radical (unpaired) electrons. The summed E-state index contributed by atoms with van der Waals surface area (Å²) in [6.07, 6.45) is 0. The first-order valence-corrected chi connectivity index (χ1v) is 8.21. The van der Waals surface area contributed by atoms with Gasteiger partial charge in [0.1, 0.15) is 15.8 Å². The zero-order valence-corrected chi connectivity index (χ0v) is 13.3. The Bertz CT molecular complexity index is 752. The van der Waals surface area contributed by atoms with E-state index < -0.39 is 0 Å². The summed E-state index contributed by atoms with van der Waals surface area (Å²) in [5.74, 6) is 1.31. The van der Waals surface area contributed by atoms with Crippen LogP contribution in [0.2, 0.25) is 5.15 Å². The molecule has 0 atom stereocenters. The van der Waals surface area contributed by atoms with Gasteiger partial charge in [0.2, 0.25) is 0 Å². The Morgan fingerprint density at radius 1 is 1.15 bits per heavy atom. The number of aromatic nitrogens is 4. The first-order chi connectivity index (χ1) is 9.61. The van der Waals surface area contributed by atoms with Crippen molar-refractivity contribution in [3.8, 4) is 0 Å². The van der Waals surface area contributed by atoms with Crippen LogP contribution in [-0.4, -0.2) is 19.9 Å². The van der Waals surface area contributed by atoms with Gasteiger partial charge in [-0.25, -0.2) is 19.9 Å². The first-order valence-electron chi connectivity index (χ1n) is 5.96. The summed E-state index contributed by atoms with van der Waals surface area (Å²) >= 11 is 9.24. The highest BCUT2D eigenvalue weighted by Gasteiger charge is 2.08. The third-order valence-electron chi connectivity index (χ3n) is 2.62. The smallest absolute Gasteiger partial charge is 0.188 e. The Morgan fingerprint density at radius 3 is 2.65 bits per heavy atom. The van der Waals surface area contributed by atoms with Gasteiger partial charge in [-0.1, -0.05) is 23.4 Å². The number of hydrogen-bond acceptors (Lipinski definition) is 6. The van der Waals surface area contributed by atoms with Crippen molar-refractivity contribution < 1.29 is 0 Å². The van der Waals surface area contributed by atoms with E-state index in [1.807, 2.05) is 31.4 Å². The number of thiophene rings is 1. The zero-order chi connectivity index (χ0) is 14.1. The summed E-state index contributed by atoms with van der Waals surface area (Å²) in [4.78, 5) is 18.5. The molecular formula is C13H11ClN4S2. The molecule has 3 rings (SSSR count). The molecule has 0 saturated carbocycles. The molecule has 3 heterocycles. The highest BCUT2D eigenvalue weighted by atomic mass is 35.5. The molecule has 7 heteroatoms. The molecule has 0 unspecified atom stereocenters. The summed E-state index contributed by atoms with van der Waals surface area (Å²) in [5, 5.41) is 4.13. The second-order valence-corrected chi connectivity index (χ2v) is 6.49. The van der Waals surface area contributed by atoms with Crippen LogP contribution in [0.4, 0.5) is 0 Å². The molecule has 0 aromatic carbocycles. The summed E-state index contributed by atoms with van der Waals surface area (Å²) in [5.41, 5.74) is 1.93. The van der Waals surface area contributed by atoms with E-state index in [9.17, 15) is 0 Å². The number of aryl methyl sites for hydroxylation is 2. The van der Waals surface area contributed by atoms with Crippen molar-refractivity contribution in [2.24, 2.45) is 0 Å². The number of nitrogens with zero attached hydrogens (tertiary/aromatic N) is 4. The van der Waals surface area contributed by atoms with Gasteiger partial charge in [0.15, 0.2) is 5.16 Å². The molecule has 0 saturated heterocycles. The molecule has 0 spiro atoms. The highest BCUT2D eigenvalue weighted by molar-refractivity contribution is 7.98. The molecule has 102 valence electrons. The third-order valence-corrected chi connectivity index (χ3v) is 4.56. The van der Waals surface area contributed by atoms with Crippen LogP contribution >= 0.6 is 34.7 Å². The van der Waals surface area contributed by atoms with Crippen LogP contribution in [0.5, 0.6) is 0 Å². The topological polar surface area (TPSA) is 51.6 Å². The summed E-state index contributed by atoms with van der Waals surface area (Å²) < 4.78 is 0. The van der Waals surface area contributed by atoms with Crippen LogP contribution in [0.1, 0.15) is 17.2 Å². The third kappa shape index (κ3) is 2.92. The van der Waals surface area contributed by atoms with E-state index >= 15 is 0 Å². The number of halogens is 1. The van der Waals surface area contributed by atoms with E-state index in [1.165, 1.54) is 11.8 Å². The number of rotatable bonds is 3. The quantitative estimate of drug-likeness (QED) is 0.414. The van der Waals surface area contributed by atoms with E-state index in [2.05, 4.69) is 19.9 Å². The van der Waals surface area contributed by atoms with Crippen molar-refractivity contribution in [2.45, 2.75) is 24.8 Å². The zero-order valence-electron chi connectivity index (χ0n) is 10.9. The van der Waals surface area contributed by atoms with Crippen molar-refractivity contribution in [3.63, 3.8) is 0 Å². The highest BCUT2D eigenvalue weighted by Crippen LogP contribution is 2.26. The molecule has 0 aliphatic carbocycles. The summed E-state index contributed by atoms with van der Waals surface area (Å²) in [6.45, 7) is 3.92. The van der Waals surface area contributed by atoms with Crippen LogP contribution < -0.4 is 0 Å². The Morgan fingerprint density at radius 2 is 1.90 bits per heavy atom. The normalized spacial score (nSPS) is 11.2. The number of thioether (sulfide) groups is 1. The summed E-state index contributed by atoms with van der Waals surface area (Å²) in [6, 6.07) is 3.89. The van der Waals surface area contributed by atoms with Crippen molar-refractivity contribution >= 4 is 44.9 Å². The van der Waals surface area contributed by atoms with Crippen molar-refractivity contribution in [1.82, 2.24) is 19.9 Å². The lowest BCUT2D eigenvalue weighted by molar-refractivity contribution is 0.899. The van der Waals surface area contributed by atoms with Crippen LogP contribution in [0, 0.1) is 13.8 Å². The average molecular weight is 323 g/mol. The molecule has 0 aliphatic heterocycles. The van der Waals surface area contributed by atoms with Crippen LogP contribution in [-0.2, 0) is 5.75 Å². The molecule has 0 aliphatic rings. The SMILES string of the molecule is Cc1cc(C)nc(SCc2nc(Cl)c3ccsc3n2)n1. The molecule has 0 fully saturated rings. The Labute approximate surface area is 129 Å².